The molecule has 1 saturated carbocycles. The fraction of sp³-hybridized carbons (Fsp3) is 0.560. The summed E-state index contributed by atoms with van der Waals surface area (Å²) in [5.74, 6) is 0.0236. The van der Waals surface area contributed by atoms with Crippen molar-refractivity contribution in [3.63, 3.8) is 0 Å². The summed E-state index contributed by atoms with van der Waals surface area (Å²) in [7, 11) is -3.64. The van der Waals surface area contributed by atoms with Gasteiger partial charge in [-0.3, -0.25) is 9.35 Å². The third kappa shape index (κ3) is 7.14. The van der Waals surface area contributed by atoms with Crippen molar-refractivity contribution in [1.82, 2.24) is 9.99 Å². The lowest BCUT2D eigenvalue weighted by molar-refractivity contribution is -0.120. The average molecular weight is 569 g/mol. The molecule has 1 aromatic carbocycles. The maximum atomic E-state index is 12.9. The third-order valence-corrected chi connectivity index (χ3v) is 7.94. The fourth-order valence-corrected chi connectivity index (χ4v) is 6.08. The summed E-state index contributed by atoms with van der Waals surface area (Å²) < 4.78 is 46.5. The topological polar surface area (TPSA) is 138 Å². The number of carbonyl (C=O) groups is 2. The van der Waals surface area contributed by atoms with Crippen LogP contribution in [0.1, 0.15) is 65.5 Å². The minimum atomic E-state index is -4.99. The van der Waals surface area contributed by atoms with Crippen molar-refractivity contribution >= 4 is 44.5 Å². The summed E-state index contributed by atoms with van der Waals surface area (Å²) in [4.78, 5) is 30.8. The number of methoxy groups -OCH3 is 1. The van der Waals surface area contributed by atoms with Crippen LogP contribution >= 0.6 is 11.3 Å². The van der Waals surface area contributed by atoms with Crippen LogP contribution in [-0.4, -0.2) is 54.2 Å². The number of aromatic nitrogens is 1. The lowest BCUT2D eigenvalue weighted by atomic mass is 9.89. The van der Waals surface area contributed by atoms with Gasteiger partial charge in [0.15, 0.2) is 5.13 Å². The van der Waals surface area contributed by atoms with Crippen LogP contribution in [0.5, 0.6) is 5.75 Å². The zero-order valence-corrected chi connectivity index (χ0v) is 24.2. The second-order valence-electron chi connectivity index (χ2n) is 10.1. The van der Waals surface area contributed by atoms with Gasteiger partial charge in [-0.2, -0.15) is 8.42 Å². The van der Waals surface area contributed by atoms with Gasteiger partial charge in [0.1, 0.15) is 17.0 Å². The van der Waals surface area contributed by atoms with Crippen molar-refractivity contribution in [3.8, 4) is 16.2 Å². The SMILES string of the molecule is CCN(C(=O)OC(C)(C)C)N(c1cc(-c2sc(NC(=O)C3CCCCC3)nc2C)ccc1OC)S(=O)(=O)O. The second-order valence-corrected chi connectivity index (χ2v) is 12.3. The molecule has 2 aromatic rings. The standard InChI is InChI=1S/C25H36N4O7S2/c1-7-28(24(31)36-25(3,4)5)29(38(32,33)34)19-15-18(13-14-20(19)35-6)21-16(2)26-23(37-21)27-22(30)17-11-9-8-10-12-17/h13-15,17H,7-12H2,1-6H3,(H,26,27,30)(H,32,33,34). The van der Waals surface area contributed by atoms with Crippen molar-refractivity contribution in [2.24, 2.45) is 5.92 Å². The van der Waals surface area contributed by atoms with Crippen molar-refractivity contribution in [1.29, 1.82) is 0 Å². The Labute approximate surface area is 228 Å². The highest BCUT2D eigenvalue weighted by atomic mass is 32.2. The van der Waals surface area contributed by atoms with Gasteiger partial charge in [0.25, 0.3) is 0 Å². The van der Waals surface area contributed by atoms with Crippen LogP contribution in [0, 0.1) is 12.8 Å². The molecule has 1 aliphatic rings. The number of carbonyl (C=O) groups excluding carboxylic acids is 2. The summed E-state index contributed by atoms with van der Waals surface area (Å²) in [5, 5.41) is 4.14. The Kier molecular flexibility index (Phi) is 9.26. The number of benzene rings is 1. The maximum Gasteiger partial charge on any atom is 0.430 e. The normalized spacial score (nSPS) is 14.6. The van der Waals surface area contributed by atoms with Crippen molar-refractivity contribution < 1.29 is 32.0 Å². The highest BCUT2D eigenvalue weighted by molar-refractivity contribution is 7.87. The van der Waals surface area contributed by atoms with Crippen LogP contribution in [0.3, 0.4) is 0 Å². The summed E-state index contributed by atoms with van der Waals surface area (Å²) in [5.41, 5.74) is 0.186. The highest BCUT2D eigenvalue weighted by Crippen LogP contribution is 2.40. The van der Waals surface area contributed by atoms with Crippen LogP contribution in [0.2, 0.25) is 0 Å². The molecule has 13 heteroatoms. The molecule has 3 rings (SSSR count). The van der Waals surface area contributed by atoms with Gasteiger partial charge in [-0.1, -0.05) is 30.6 Å². The molecular weight excluding hydrogens is 532 g/mol. The van der Waals surface area contributed by atoms with E-state index in [0.717, 1.165) is 37.1 Å². The number of ether oxygens (including phenoxy) is 2. The fourth-order valence-electron chi connectivity index (χ4n) is 4.30. The number of hydrogen-bond acceptors (Lipinski definition) is 8. The number of rotatable bonds is 8. The molecule has 2 N–H and O–H groups in total. The van der Waals surface area contributed by atoms with Crippen LogP contribution in [0.15, 0.2) is 18.2 Å². The monoisotopic (exact) mass is 568 g/mol. The van der Waals surface area contributed by atoms with Gasteiger partial charge in [-0.05, 0) is 71.2 Å². The Morgan fingerprint density at radius 3 is 2.42 bits per heavy atom. The Hall–Kier alpha value is -2.90. The van der Waals surface area contributed by atoms with E-state index in [-0.39, 0.29) is 29.8 Å². The first-order chi connectivity index (χ1) is 17.7. The maximum absolute atomic E-state index is 12.9. The van der Waals surface area contributed by atoms with Crippen LogP contribution in [0.4, 0.5) is 15.6 Å². The molecule has 0 unspecified atom stereocenters. The number of nitrogens with one attached hydrogen (secondary N) is 1. The molecule has 0 atom stereocenters. The molecule has 11 nitrogen and oxygen atoms in total. The molecule has 0 saturated heterocycles. The zero-order chi connectivity index (χ0) is 28.3. The number of thiazole rings is 1. The Morgan fingerprint density at radius 1 is 1.21 bits per heavy atom. The molecule has 1 aromatic heterocycles. The first-order valence-electron chi connectivity index (χ1n) is 12.5. The van der Waals surface area contributed by atoms with Gasteiger partial charge in [0, 0.05) is 12.5 Å². The van der Waals surface area contributed by atoms with Crippen LogP contribution < -0.4 is 14.5 Å². The predicted molar refractivity (Wildman–Crippen MR) is 147 cm³/mol. The van der Waals surface area contributed by atoms with Gasteiger partial charge in [0.2, 0.25) is 5.91 Å². The molecule has 2 amide bonds. The van der Waals surface area contributed by atoms with E-state index >= 15 is 0 Å². The number of hydrogen-bond donors (Lipinski definition) is 2. The minimum absolute atomic E-state index is 0.0276. The van der Waals surface area contributed by atoms with Gasteiger partial charge >= 0.3 is 16.4 Å². The molecular formula is C25H36N4O7S2. The van der Waals surface area contributed by atoms with E-state index < -0.39 is 22.0 Å². The highest BCUT2D eigenvalue weighted by Gasteiger charge is 2.35. The van der Waals surface area contributed by atoms with Gasteiger partial charge in [-0.15, -0.1) is 4.41 Å². The molecule has 0 bridgehead atoms. The summed E-state index contributed by atoms with van der Waals surface area (Å²) >= 11 is 1.26. The Balaban J connectivity index is 2.01. The molecule has 1 aliphatic carbocycles. The summed E-state index contributed by atoms with van der Waals surface area (Å²) in [6, 6.07) is 4.72. The van der Waals surface area contributed by atoms with Crippen LogP contribution in [-0.2, 0) is 19.8 Å². The number of hydrazine groups is 1. The number of amides is 2. The van der Waals surface area contributed by atoms with Gasteiger partial charge < -0.3 is 14.8 Å². The lowest BCUT2D eigenvalue weighted by Gasteiger charge is -2.34. The largest absolute Gasteiger partial charge is 0.494 e. The second kappa shape index (κ2) is 11.9. The minimum Gasteiger partial charge on any atom is -0.494 e. The van der Waals surface area contributed by atoms with E-state index in [4.69, 9.17) is 9.47 Å². The molecule has 210 valence electrons. The summed E-state index contributed by atoms with van der Waals surface area (Å²) in [6.07, 6.45) is 3.98. The van der Waals surface area contributed by atoms with E-state index in [2.05, 4.69) is 10.3 Å². The number of anilines is 2. The first-order valence-corrected chi connectivity index (χ1v) is 14.7. The molecule has 0 radical (unpaired) electrons. The molecule has 0 aliphatic heterocycles. The predicted octanol–water partition coefficient (Wildman–Crippen LogP) is 5.43. The van der Waals surface area contributed by atoms with E-state index in [0.29, 0.717) is 25.7 Å². The van der Waals surface area contributed by atoms with E-state index in [1.54, 1.807) is 40.7 Å². The van der Waals surface area contributed by atoms with Gasteiger partial charge in [0.05, 0.1) is 17.7 Å². The Bertz CT molecular complexity index is 1260. The smallest absolute Gasteiger partial charge is 0.430 e. The quantitative estimate of drug-likeness (QED) is 0.318. The molecule has 1 heterocycles. The van der Waals surface area contributed by atoms with Gasteiger partial charge in [-0.25, -0.2) is 14.8 Å². The van der Waals surface area contributed by atoms with E-state index in [9.17, 15) is 22.6 Å². The van der Waals surface area contributed by atoms with Crippen molar-refractivity contribution in [3.05, 3.63) is 23.9 Å². The van der Waals surface area contributed by atoms with Crippen LogP contribution in [0.25, 0.3) is 10.4 Å². The number of nitrogens with zero attached hydrogens (tertiary/aromatic N) is 3. The molecule has 38 heavy (non-hydrogen) atoms. The third-order valence-electron chi connectivity index (χ3n) is 5.99. The Morgan fingerprint density at radius 2 is 1.87 bits per heavy atom. The number of aryl methyl sites for hydroxylation is 1. The lowest BCUT2D eigenvalue weighted by Crippen LogP contribution is -2.51. The first kappa shape index (κ1) is 29.7. The average Bonchev–Trinajstić information content (AvgIpc) is 3.20. The van der Waals surface area contributed by atoms with Crippen molar-refractivity contribution in [2.45, 2.75) is 72.3 Å². The van der Waals surface area contributed by atoms with E-state index in [1.807, 2.05) is 0 Å². The van der Waals surface area contributed by atoms with Crippen molar-refractivity contribution in [2.75, 3.05) is 23.4 Å². The zero-order valence-electron chi connectivity index (χ0n) is 22.6. The molecule has 0 spiro atoms. The van der Waals surface area contributed by atoms with E-state index in [1.165, 1.54) is 30.6 Å². The summed E-state index contributed by atoms with van der Waals surface area (Å²) in [6.45, 7) is 8.15. The molecule has 1 fully saturated rings.